The number of nitro groups is 1. The number of nitro benzene ring substituents is 1. The van der Waals surface area contributed by atoms with Crippen molar-refractivity contribution in [2.24, 2.45) is 0 Å². The van der Waals surface area contributed by atoms with Crippen molar-refractivity contribution in [1.29, 1.82) is 0 Å². The van der Waals surface area contributed by atoms with E-state index >= 15 is 0 Å². The number of non-ortho nitro benzene ring substituents is 1. The largest absolute Gasteiger partial charge is 0.423 e. The van der Waals surface area contributed by atoms with Crippen molar-refractivity contribution >= 4 is 39.0 Å². The van der Waals surface area contributed by atoms with Gasteiger partial charge in [-0.2, -0.15) is 0 Å². The number of halogens is 1. The fraction of sp³-hybridized carbons (Fsp3) is 0.0500. The number of anilines is 1. The number of rotatable bonds is 6. The van der Waals surface area contributed by atoms with E-state index in [1.165, 1.54) is 43.4 Å². The second-order valence-electron chi connectivity index (χ2n) is 6.09. The van der Waals surface area contributed by atoms with E-state index in [1.807, 2.05) is 0 Å². The van der Waals surface area contributed by atoms with Crippen LogP contribution in [0.5, 0.6) is 5.75 Å². The van der Waals surface area contributed by atoms with Gasteiger partial charge in [-0.15, -0.1) is 0 Å². The van der Waals surface area contributed by atoms with Crippen LogP contribution in [0.4, 0.5) is 11.4 Å². The molecule has 0 aliphatic carbocycles. The Morgan fingerprint density at radius 3 is 2.27 bits per heavy atom. The molecule has 0 fully saturated rings. The minimum Gasteiger partial charge on any atom is -0.423 e. The van der Waals surface area contributed by atoms with Crippen molar-refractivity contribution in [2.45, 2.75) is 4.90 Å². The van der Waals surface area contributed by atoms with Crippen molar-refractivity contribution in [2.75, 3.05) is 11.4 Å². The number of esters is 1. The monoisotopic (exact) mass is 446 g/mol. The van der Waals surface area contributed by atoms with Gasteiger partial charge in [0.05, 0.1) is 26.1 Å². The molecule has 154 valence electrons. The van der Waals surface area contributed by atoms with Crippen LogP contribution in [-0.4, -0.2) is 26.4 Å². The summed E-state index contributed by atoms with van der Waals surface area (Å²) in [5.41, 5.74) is 0.130. The third kappa shape index (κ3) is 4.42. The van der Waals surface area contributed by atoms with E-state index in [9.17, 15) is 23.3 Å². The van der Waals surface area contributed by atoms with Gasteiger partial charge in [-0.25, -0.2) is 13.2 Å². The van der Waals surface area contributed by atoms with Gasteiger partial charge in [0.15, 0.2) is 0 Å². The van der Waals surface area contributed by atoms with E-state index in [1.54, 1.807) is 30.3 Å². The van der Waals surface area contributed by atoms with Crippen molar-refractivity contribution < 1.29 is 22.9 Å². The number of benzene rings is 3. The second-order valence-corrected chi connectivity index (χ2v) is 8.47. The molecule has 0 unspecified atom stereocenters. The zero-order valence-electron chi connectivity index (χ0n) is 15.6. The first-order valence-electron chi connectivity index (χ1n) is 8.50. The van der Waals surface area contributed by atoms with Crippen molar-refractivity contribution in [3.63, 3.8) is 0 Å². The van der Waals surface area contributed by atoms with Crippen LogP contribution in [0.2, 0.25) is 5.02 Å². The molecule has 0 spiro atoms. The van der Waals surface area contributed by atoms with E-state index in [-0.39, 0.29) is 26.9 Å². The Balaban J connectivity index is 1.89. The number of hydrogen-bond acceptors (Lipinski definition) is 6. The fourth-order valence-electron chi connectivity index (χ4n) is 2.55. The van der Waals surface area contributed by atoms with Gasteiger partial charge in [0.25, 0.3) is 15.7 Å². The zero-order valence-corrected chi connectivity index (χ0v) is 17.1. The zero-order chi connectivity index (χ0) is 21.9. The van der Waals surface area contributed by atoms with E-state index in [0.717, 1.165) is 10.4 Å². The Kier molecular flexibility index (Phi) is 6.04. The molecule has 30 heavy (non-hydrogen) atoms. The van der Waals surface area contributed by atoms with E-state index in [4.69, 9.17) is 16.3 Å². The molecule has 0 radical (unpaired) electrons. The first-order chi connectivity index (χ1) is 14.2. The Labute approximate surface area is 177 Å². The normalized spacial score (nSPS) is 11.0. The number of ether oxygens (including phenoxy) is 1. The van der Waals surface area contributed by atoms with Crippen LogP contribution in [0.25, 0.3) is 0 Å². The molecular formula is C20H15ClN2O6S. The summed E-state index contributed by atoms with van der Waals surface area (Å²) in [7, 11) is -2.56. The molecule has 0 saturated carbocycles. The molecule has 0 heterocycles. The van der Waals surface area contributed by atoms with E-state index < -0.39 is 20.9 Å². The van der Waals surface area contributed by atoms with Crippen LogP contribution in [0.15, 0.2) is 77.7 Å². The molecule has 0 atom stereocenters. The molecule has 0 aliphatic heterocycles. The van der Waals surface area contributed by atoms with Crippen LogP contribution >= 0.6 is 11.6 Å². The molecule has 3 aromatic carbocycles. The molecule has 0 bridgehead atoms. The lowest BCUT2D eigenvalue weighted by Gasteiger charge is -2.20. The summed E-state index contributed by atoms with van der Waals surface area (Å²) < 4.78 is 32.1. The van der Waals surface area contributed by atoms with Crippen LogP contribution in [0.1, 0.15) is 10.4 Å². The van der Waals surface area contributed by atoms with Crippen LogP contribution < -0.4 is 9.04 Å². The number of para-hydroxylation sites is 1. The first kappa shape index (κ1) is 21.3. The molecular weight excluding hydrogens is 432 g/mol. The predicted octanol–water partition coefficient (Wildman–Crippen LogP) is 4.29. The molecule has 0 saturated heterocycles. The van der Waals surface area contributed by atoms with E-state index in [0.29, 0.717) is 5.69 Å². The molecule has 0 aromatic heterocycles. The molecule has 0 aliphatic rings. The fourth-order valence-corrected chi connectivity index (χ4v) is 3.97. The lowest BCUT2D eigenvalue weighted by atomic mass is 10.2. The Morgan fingerprint density at radius 1 is 1.03 bits per heavy atom. The average Bonchev–Trinajstić information content (AvgIpc) is 2.74. The minimum atomic E-state index is -3.96. The standard InChI is InChI=1S/C20H15ClN2O6S/c1-22(14-5-3-2-4-6-14)30(27,28)17-11-12-19(21)18(13-17)20(24)29-16-9-7-15(8-10-16)23(25)26/h2-13H,1H3. The Morgan fingerprint density at radius 2 is 1.67 bits per heavy atom. The van der Waals surface area contributed by atoms with Crippen molar-refractivity contribution in [3.05, 3.63) is 93.5 Å². The maximum atomic E-state index is 12.9. The van der Waals surface area contributed by atoms with Gasteiger partial charge in [0.1, 0.15) is 5.75 Å². The number of hydrogen-bond donors (Lipinski definition) is 0. The van der Waals surface area contributed by atoms with Gasteiger partial charge >= 0.3 is 5.97 Å². The van der Waals surface area contributed by atoms with Crippen LogP contribution in [-0.2, 0) is 10.0 Å². The summed E-state index contributed by atoms with van der Waals surface area (Å²) in [6.45, 7) is 0. The van der Waals surface area contributed by atoms with Gasteiger partial charge in [-0.05, 0) is 42.5 Å². The van der Waals surface area contributed by atoms with Gasteiger partial charge in [-0.1, -0.05) is 29.8 Å². The Hall–Kier alpha value is -3.43. The maximum absolute atomic E-state index is 12.9. The summed E-state index contributed by atoms with van der Waals surface area (Å²) in [4.78, 5) is 22.5. The molecule has 3 aromatic rings. The summed E-state index contributed by atoms with van der Waals surface area (Å²) >= 11 is 6.07. The minimum absolute atomic E-state index is 0.00299. The number of carbonyl (C=O) groups is 1. The highest BCUT2D eigenvalue weighted by Gasteiger charge is 2.24. The van der Waals surface area contributed by atoms with Crippen LogP contribution in [0, 0.1) is 10.1 Å². The van der Waals surface area contributed by atoms with Crippen LogP contribution in [0.3, 0.4) is 0 Å². The molecule has 8 nitrogen and oxygen atoms in total. The van der Waals surface area contributed by atoms with Gasteiger partial charge in [0, 0.05) is 19.2 Å². The summed E-state index contributed by atoms with van der Waals surface area (Å²) in [5.74, 6) is -0.843. The SMILES string of the molecule is CN(c1ccccc1)S(=O)(=O)c1ccc(Cl)c(C(=O)Oc2ccc([N+](=O)[O-])cc2)c1. The average molecular weight is 447 g/mol. The molecule has 3 rings (SSSR count). The highest BCUT2D eigenvalue weighted by atomic mass is 35.5. The summed E-state index contributed by atoms with van der Waals surface area (Å²) in [6, 6.07) is 17.0. The Bertz CT molecular complexity index is 1200. The quantitative estimate of drug-likeness (QED) is 0.242. The summed E-state index contributed by atoms with van der Waals surface area (Å²) in [5, 5.41) is 10.7. The lowest BCUT2D eigenvalue weighted by molar-refractivity contribution is -0.384. The lowest BCUT2D eigenvalue weighted by Crippen LogP contribution is -2.26. The highest BCUT2D eigenvalue weighted by molar-refractivity contribution is 7.92. The highest BCUT2D eigenvalue weighted by Crippen LogP contribution is 2.27. The number of carbonyl (C=O) groups excluding carboxylic acids is 1. The first-order valence-corrected chi connectivity index (χ1v) is 10.3. The van der Waals surface area contributed by atoms with Crippen molar-refractivity contribution in [1.82, 2.24) is 0 Å². The third-order valence-electron chi connectivity index (χ3n) is 4.19. The van der Waals surface area contributed by atoms with E-state index in [2.05, 4.69) is 0 Å². The van der Waals surface area contributed by atoms with Gasteiger partial charge in [-0.3, -0.25) is 14.4 Å². The number of sulfonamides is 1. The molecule has 0 N–H and O–H groups in total. The molecule has 0 amide bonds. The third-order valence-corrected chi connectivity index (χ3v) is 6.31. The smallest absolute Gasteiger partial charge is 0.345 e. The topological polar surface area (TPSA) is 107 Å². The van der Waals surface area contributed by atoms with Gasteiger partial charge in [0.2, 0.25) is 0 Å². The van der Waals surface area contributed by atoms with Gasteiger partial charge < -0.3 is 4.74 Å². The molecule has 10 heteroatoms. The van der Waals surface area contributed by atoms with Crippen molar-refractivity contribution in [3.8, 4) is 5.75 Å². The number of nitrogens with zero attached hydrogens (tertiary/aromatic N) is 2. The maximum Gasteiger partial charge on any atom is 0.345 e. The second kappa shape index (κ2) is 8.52. The summed E-state index contributed by atoms with van der Waals surface area (Å²) in [6.07, 6.45) is 0. The predicted molar refractivity (Wildman–Crippen MR) is 112 cm³/mol.